The molecule has 0 fully saturated rings. The molecule has 0 saturated heterocycles. The van der Waals surface area contributed by atoms with Crippen LogP contribution in [0.5, 0.6) is 0 Å². The average molecular weight is 150 g/mol. The lowest BCUT2D eigenvalue weighted by molar-refractivity contribution is -0.114. The molecule has 2 radical (unpaired) electrons. The van der Waals surface area contributed by atoms with E-state index in [9.17, 15) is 9.90 Å². The number of rotatable bonds is 2. The first-order valence-electron chi connectivity index (χ1n) is 3.71. The van der Waals surface area contributed by atoms with Gasteiger partial charge in [0.05, 0.1) is 0 Å². The van der Waals surface area contributed by atoms with Gasteiger partial charge in [0.25, 0.3) is 0 Å². The summed E-state index contributed by atoms with van der Waals surface area (Å²) in [5.41, 5.74) is -0.210. The molecule has 3 heteroatoms. The molecule has 0 heterocycles. The lowest BCUT2D eigenvalue weighted by atomic mass is 9.78. The number of hydrogen-bond acceptors (Lipinski definition) is 2. The topological polar surface area (TPSA) is 37.3 Å². The van der Waals surface area contributed by atoms with Crippen molar-refractivity contribution in [2.24, 2.45) is 0 Å². The highest BCUT2D eigenvalue weighted by molar-refractivity contribution is 6.14. The molecule has 2 nitrogen and oxygen atoms in total. The van der Waals surface area contributed by atoms with Gasteiger partial charge in [0.15, 0.2) is 5.78 Å². The first kappa shape index (κ1) is 8.53. The van der Waals surface area contributed by atoms with Crippen LogP contribution in [0.4, 0.5) is 0 Å². The molecule has 0 aromatic carbocycles. The molecule has 58 valence electrons. The summed E-state index contributed by atoms with van der Waals surface area (Å²) in [5, 5.41) is 9.19. The van der Waals surface area contributed by atoms with E-state index >= 15 is 0 Å². The molecular weight excluding hydrogens is 139 g/mol. The number of carbonyl (C=O) groups excluding carboxylic acids is 1. The van der Waals surface area contributed by atoms with Crippen LogP contribution in [-0.2, 0) is 4.79 Å². The van der Waals surface area contributed by atoms with Crippen molar-refractivity contribution in [3.05, 3.63) is 11.6 Å². The van der Waals surface area contributed by atoms with E-state index in [1.165, 1.54) is 6.92 Å². The summed E-state index contributed by atoms with van der Waals surface area (Å²) in [6, 6.07) is 0. The van der Waals surface area contributed by atoms with E-state index in [1.807, 2.05) is 0 Å². The van der Waals surface area contributed by atoms with Gasteiger partial charge in [0.2, 0.25) is 0 Å². The summed E-state index contributed by atoms with van der Waals surface area (Å²) in [6.45, 7) is 1.54. The molecule has 0 spiro atoms. The minimum absolute atomic E-state index is 0.143. The maximum Gasteiger partial charge on any atom is 0.155 e. The lowest BCUT2D eigenvalue weighted by Crippen LogP contribution is -2.24. The number of carbonyl (C=O) groups is 1. The minimum atomic E-state index is -1.17. The van der Waals surface area contributed by atoms with Gasteiger partial charge in [0, 0.05) is 11.9 Å². The highest BCUT2D eigenvalue weighted by atomic mass is 16.3. The molecule has 0 amide bonds. The van der Waals surface area contributed by atoms with Crippen molar-refractivity contribution in [3.8, 4) is 0 Å². The van der Waals surface area contributed by atoms with Crippen molar-refractivity contribution in [3.63, 3.8) is 0 Å². The fourth-order valence-corrected chi connectivity index (χ4v) is 1.25. The van der Waals surface area contributed by atoms with Crippen molar-refractivity contribution in [2.75, 3.05) is 0 Å². The average Bonchev–Trinajstić information content (AvgIpc) is 2.10. The first-order valence-corrected chi connectivity index (χ1v) is 3.71. The van der Waals surface area contributed by atoms with Crippen molar-refractivity contribution >= 4 is 13.6 Å². The van der Waals surface area contributed by atoms with Crippen LogP contribution in [0.15, 0.2) is 11.6 Å². The second-order valence-corrected chi connectivity index (χ2v) is 3.30. The SMILES string of the molecule is [B]C(C)(O)CC1=CC(=O)CC1. The second kappa shape index (κ2) is 2.82. The van der Waals surface area contributed by atoms with Crippen LogP contribution in [0.2, 0.25) is 0 Å². The van der Waals surface area contributed by atoms with Gasteiger partial charge in [-0.3, -0.25) is 4.79 Å². The number of aliphatic hydroxyl groups is 1. The molecule has 0 aliphatic heterocycles. The number of hydrogen-bond donors (Lipinski definition) is 1. The third kappa shape index (κ3) is 2.89. The fourth-order valence-electron chi connectivity index (χ4n) is 1.25. The van der Waals surface area contributed by atoms with Crippen molar-refractivity contribution in [1.82, 2.24) is 0 Å². The summed E-state index contributed by atoms with van der Waals surface area (Å²) in [6.07, 6.45) is 3.32. The van der Waals surface area contributed by atoms with E-state index < -0.39 is 5.50 Å². The molecule has 1 N–H and O–H groups in total. The Morgan fingerprint density at radius 3 is 2.73 bits per heavy atom. The van der Waals surface area contributed by atoms with E-state index in [1.54, 1.807) is 6.08 Å². The summed E-state index contributed by atoms with van der Waals surface area (Å²) in [4.78, 5) is 10.7. The fraction of sp³-hybridized carbons (Fsp3) is 0.625. The van der Waals surface area contributed by atoms with Gasteiger partial charge in [-0.05, 0) is 25.8 Å². The van der Waals surface area contributed by atoms with Crippen LogP contribution >= 0.6 is 0 Å². The Kier molecular flexibility index (Phi) is 2.19. The Hall–Kier alpha value is -0.565. The summed E-state index contributed by atoms with van der Waals surface area (Å²) >= 11 is 0. The highest BCUT2D eigenvalue weighted by Crippen LogP contribution is 2.22. The highest BCUT2D eigenvalue weighted by Gasteiger charge is 2.19. The Balaban J connectivity index is 2.51. The quantitative estimate of drug-likeness (QED) is 0.583. The normalized spacial score (nSPS) is 23.1. The largest absolute Gasteiger partial charge is 0.400 e. The van der Waals surface area contributed by atoms with E-state index in [0.29, 0.717) is 12.8 Å². The van der Waals surface area contributed by atoms with Gasteiger partial charge < -0.3 is 5.11 Å². The summed E-state index contributed by atoms with van der Waals surface area (Å²) < 4.78 is 0. The van der Waals surface area contributed by atoms with Gasteiger partial charge in [-0.15, -0.1) is 0 Å². The Bertz CT molecular complexity index is 201. The zero-order chi connectivity index (χ0) is 8.48. The molecule has 1 rings (SSSR count). The lowest BCUT2D eigenvalue weighted by Gasteiger charge is -2.17. The minimum Gasteiger partial charge on any atom is -0.400 e. The van der Waals surface area contributed by atoms with Crippen LogP contribution < -0.4 is 0 Å². The van der Waals surface area contributed by atoms with E-state index in [0.717, 1.165) is 12.0 Å². The molecule has 0 saturated carbocycles. The van der Waals surface area contributed by atoms with Gasteiger partial charge in [-0.25, -0.2) is 0 Å². The molecular formula is C8H11BO2. The summed E-state index contributed by atoms with van der Waals surface area (Å²) in [7, 11) is 5.36. The Labute approximate surface area is 67.7 Å². The predicted molar refractivity (Wildman–Crippen MR) is 43.3 cm³/mol. The van der Waals surface area contributed by atoms with Crippen molar-refractivity contribution in [1.29, 1.82) is 0 Å². The van der Waals surface area contributed by atoms with Crippen molar-refractivity contribution in [2.45, 2.75) is 31.7 Å². The molecule has 0 aromatic rings. The zero-order valence-electron chi connectivity index (χ0n) is 6.63. The van der Waals surface area contributed by atoms with Crippen LogP contribution in [-0.4, -0.2) is 24.2 Å². The van der Waals surface area contributed by atoms with Gasteiger partial charge >= 0.3 is 0 Å². The molecule has 1 aliphatic carbocycles. The molecule has 1 unspecified atom stereocenters. The summed E-state index contributed by atoms with van der Waals surface area (Å²) in [5.74, 6) is 0.143. The van der Waals surface area contributed by atoms with Crippen LogP contribution in [0.3, 0.4) is 0 Å². The van der Waals surface area contributed by atoms with Gasteiger partial charge in [-0.1, -0.05) is 5.57 Å². The Morgan fingerprint density at radius 1 is 1.73 bits per heavy atom. The third-order valence-electron chi connectivity index (χ3n) is 1.64. The van der Waals surface area contributed by atoms with Crippen molar-refractivity contribution < 1.29 is 9.90 Å². The third-order valence-corrected chi connectivity index (χ3v) is 1.64. The maximum atomic E-state index is 10.7. The second-order valence-electron chi connectivity index (χ2n) is 3.30. The van der Waals surface area contributed by atoms with E-state index in [2.05, 4.69) is 0 Å². The van der Waals surface area contributed by atoms with Gasteiger partial charge in [-0.2, -0.15) is 0 Å². The predicted octanol–water partition coefficient (Wildman–Crippen LogP) is 0.543. The maximum absolute atomic E-state index is 10.7. The molecule has 0 aromatic heterocycles. The molecule has 11 heavy (non-hydrogen) atoms. The van der Waals surface area contributed by atoms with Gasteiger partial charge in [0.1, 0.15) is 7.85 Å². The Morgan fingerprint density at radius 2 is 2.36 bits per heavy atom. The number of ketones is 1. The van der Waals surface area contributed by atoms with E-state index in [4.69, 9.17) is 7.85 Å². The zero-order valence-corrected chi connectivity index (χ0v) is 6.63. The standard InChI is InChI=1S/C8H11BO2/c1-8(9,11)5-6-2-3-7(10)4-6/h4,11H,2-3,5H2,1H3. The number of allylic oxidation sites excluding steroid dienone is 1. The van der Waals surface area contributed by atoms with Crippen LogP contribution in [0.25, 0.3) is 0 Å². The molecule has 1 aliphatic rings. The monoisotopic (exact) mass is 150 g/mol. The van der Waals surface area contributed by atoms with Crippen LogP contribution in [0.1, 0.15) is 26.2 Å². The first-order chi connectivity index (χ1) is 4.97. The molecule has 1 atom stereocenters. The molecule has 0 bridgehead atoms. The van der Waals surface area contributed by atoms with Crippen LogP contribution in [0, 0.1) is 0 Å². The smallest absolute Gasteiger partial charge is 0.155 e. The van der Waals surface area contributed by atoms with E-state index in [-0.39, 0.29) is 5.78 Å².